The summed E-state index contributed by atoms with van der Waals surface area (Å²) >= 11 is 0. The number of halogens is 2. The predicted octanol–water partition coefficient (Wildman–Crippen LogP) is 6.15. The van der Waals surface area contributed by atoms with Crippen molar-refractivity contribution in [2.75, 3.05) is 39.3 Å². The van der Waals surface area contributed by atoms with E-state index < -0.39 is 5.92 Å². The molecule has 2 fully saturated rings. The van der Waals surface area contributed by atoms with Gasteiger partial charge in [0.2, 0.25) is 0 Å². The summed E-state index contributed by atoms with van der Waals surface area (Å²) in [5.74, 6) is -1.11. The van der Waals surface area contributed by atoms with Gasteiger partial charge in [-0.2, -0.15) is 0 Å². The van der Waals surface area contributed by atoms with Gasteiger partial charge in [0.1, 0.15) is 0 Å². The van der Waals surface area contributed by atoms with Gasteiger partial charge in [-0.1, -0.05) is 38.0 Å². The third-order valence-electron chi connectivity index (χ3n) is 7.14. The van der Waals surface area contributed by atoms with Crippen molar-refractivity contribution < 1.29 is 8.78 Å². The van der Waals surface area contributed by atoms with Gasteiger partial charge in [0, 0.05) is 39.0 Å². The highest BCUT2D eigenvalue weighted by atomic mass is 19.3. The standard InChI is InChI=1S/C24H42F2N2/c1-6-19(3)21(5)18-23(20(4)7-2)22-8-12-27(13-9-22)16-17-28-14-10-24(25,26)11-15-28/h18-19,22H,6-17H2,1-5H3/b21-18-,23-20?. The minimum absolute atomic E-state index is 0.0292. The number of rotatable bonds is 8. The lowest BCUT2D eigenvalue weighted by Crippen LogP contribution is -2.44. The van der Waals surface area contributed by atoms with Crippen molar-refractivity contribution in [1.29, 1.82) is 0 Å². The van der Waals surface area contributed by atoms with E-state index in [0.717, 1.165) is 32.6 Å². The van der Waals surface area contributed by atoms with Crippen LogP contribution in [0.2, 0.25) is 0 Å². The van der Waals surface area contributed by atoms with Crippen molar-refractivity contribution in [1.82, 2.24) is 9.80 Å². The molecule has 0 bridgehead atoms. The van der Waals surface area contributed by atoms with Crippen LogP contribution in [0.3, 0.4) is 0 Å². The number of nitrogens with zero attached hydrogens (tertiary/aromatic N) is 2. The summed E-state index contributed by atoms with van der Waals surface area (Å²) in [5.41, 5.74) is 4.63. The van der Waals surface area contributed by atoms with Gasteiger partial charge in [0.05, 0.1) is 0 Å². The highest BCUT2D eigenvalue weighted by Crippen LogP contribution is 2.31. The van der Waals surface area contributed by atoms with E-state index in [-0.39, 0.29) is 12.8 Å². The van der Waals surface area contributed by atoms with Crippen molar-refractivity contribution in [2.24, 2.45) is 11.8 Å². The largest absolute Gasteiger partial charge is 0.302 e. The van der Waals surface area contributed by atoms with Gasteiger partial charge in [-0.05, 0) is 70.0 Å². The molecule has 0 radical (unpaired) electrons. The Labute approximate surface area is 172 Å². The van der Waals surface area contributed by atoms with E-state index in [1.54, 1.807) is 5.57 Å². The fourth-order valence-corrected chi connectivity index (χ4v) is 4.36. The topological polar surface area (TPSA) is 6.48 Å². The molecule has 0 aromatic heterocycles. The first-order valence-electron chi connectivity index (χ1n) is 11.5. The van der Waals surface area contributed by atoms with Gasteiger partial charge < -0.3 is 9.80 Å². The Morgan fingerprint density at radius 1 is 1.00 bits per heavy atom. The van der Waals surface area contributed by atoms with Gasteiger partial charge >= 0.3 is 0 Å². The monoisotopic (exact) mass is 396 g/mol. The van der Waals surface area contributed by atoms with Crippen LogP contribution in [0.1, 0.15) is 73.1 Å². The van der Waals surface area contributed by atoms with E-state index in [1.807, 2.05) is 0 Å². The molecule has 2 aliphatic heterocycles. The maximum Gasteiger partial charge on any atom is 0.250 e. The average Bonchev–Trinajstić information content (AvgIpc) is 2.70. The Hall–Kier alpha value is -0.740. The fourth-order valence-electron chi connectivity index (χ4n) is 4.36. The second-order valence-electron chi connectivity index (χ2n) is 9.10. The Balaban J connectivity index is 1.85. The molecule has 2 rings (SSSR count). The van der Waals surface area contributed by atoms with Crippen LogP contribution < -0.4 is 0 Å². The predicted molar refractivity (Wildman–Crippen MR) is 116 cm³/mol. The molecule has 0 aromatic carbocycles. The van der Waals surface area contributed by atoms with Gasteiger partial charge in [-0.25, -0.2) is 8.78 Å². The number of likely N-dealkylation sites (tertiary alicyclic amines) is 2. The maximum absolute atomic E-state index is 13.3. The van der Waals surface area contributed by atoms with Crippen LogP contribution >= 0.6 is 0 Å². The van der Waals surface area contributed by atoms with Crippen LogP contribution in [0.5, 0.6) is 0 Å². The number of hydrogen-bond donors (Lipinski definition) is 0. The fraction of sp³-hybridized carbons (Fsp3) is 0.833. The third-order valence-corrected chi connectivity index (χ3v) is 7.14. The molecule has 0 spiro atoms. The van der Waals surface area contributed by atoms with Crippen molar-refractivity contribution in [3.63, 3.8) is 0 Å². The summed E-state index contributed by atoms with van der Waals surface area (Å²) in [7, 11) is 0. The van der Waals surface area contributed by atoms with Crippen LogP contribution in [0.15, 0.2) is 22.8 Å². The van der Waals surface area contributed by atoms with Gasteiger partial charge in [-0.3, -0.25) is 0 Å². The molecule has 0 aromatic rings. The minimum atomic E-state index is -2.43. The first-order chi connectivity index (χ1) is 13.3. The molecule has 2 saturated heterocycles. The van der Waals surface area contributed by atoms with Gasteiger partial charge in [-0.15, -0.1) is 0 Å². The first kappa shape index (κ1) is 23.5. The summed E-state index contributed by atoms with van der Waals surface area (Å²) in [6.45, 7) is 16.7. The van der Waals surface area contributed by atoms with E-state index in [9.17, 15) is 8.78 Å². The number of alkyl halides is 2. The highest BCUT2D eigenvalue weighted by Gasteiger charge is 2.34. The van der Waals surface area contributed by atoms with Crippen LogP contribution in [0.25, 0.3) is 0 Å². The Morgan fingerprint density at radius 3 is 2.04 bits per heavy atom. The van der Waals surface area contributed by atoms with Crippen LogP contribution in [0.4, 0.5) is 8.78 Å². The molecule has 2 heterocycles. The number of piperidine rings is 2. The van der Waals surface area contributed by atoms with Crippen LogP contribution in [-0.4, -0.2) is 55.0 Å². The van der Waals surface area contributed by atoms with Crippen LogP contribution in [-0.2, 0) is 0 Å². The van der Waals surface area contributed by atoms with Crippen molar-refractivity contribution in [3.05, 3.63) is 22.8 Å². The molecule has 162 valence electrons. The molecular formula is C24H42F2N2. The van der Waals surface area contributed by atoms with E-state index in [0.29, 0.717) is 24.9 Å². The van der Waals surface area contributed by atoms with Crippen LogP contribution in [0, 0.1) is 11.8 Å². The zero-order chi connectivity index (χ0) is 20.7. The quantitative estimate of drug-likeness (QED) is 0.454. The second kappa shape index (κ2) is 10.9. The van der Waals surface area contributed by atoms with E-state index >= 15 is 0 Å². The van der Waals surface area contributed by atoms with E-state index in [1.165, 1.54) is 30.4 Å². The molecule has 4 heteroatoms. The van der Waals surface area contributed by atoms with Crippen molar-refractivity contribution in [3.8, 4) is 0 Å². The number of hydrogen-bond acceptors (Lipinski definition) is 2. The smallest absolute Gasteiger partial charge is 0.250 e. The van der Waals surface area contributed by atoms with E-state index in [4.69, 9.17) is 0 Å². The lowest BCUT2D eigenvalue weighted by Gasteiger charge is -2.36. The zero-order valence-corrected chi connectivity index (χ0v) is 18.9. The molecule has 1 unspecified atom stereocenters. The molecule has 0 saturated carbocycles. The summed E-state index contributed by atoms with van der Waals surface area (Å²) in [6.07, 6.45) is 7.30. The third kappa shape index (κ3) is 6.95. The normalized spacial score (nSPS) is 24.9. The Kier molecular flexibility index (Phi) is 9.14. The lowest BCUT2D eigenvalue weighted by molar-refractivity contribution is -0.0562. The molecule has 0 amide bonds. The SMILES string of the molecule is CCC(C)=C(/C=C(/C)C(C)CC)C1CCN(CCN2CCC(F)(F)CC2)CC1. The van der Waals surface area contributed by atoms with Crippen molar-refractivity contribution in [2.45, 2.75) is 79.1 Å². The highest BCUT2D eigenvalue weighted by molar-refractivity contribution is 5.31. The average molecular weight is 397 g/mol. The molecule has 1 atom stereocenters. The Bertz CT molecular complexity index is 535. The first-order valence-corrected chi connectivity index (χ1v) is 11.5. The number of allylic oxidation sites excluding steroid dienone is 4. The van der Waals surface area contributed by atoms with Gasteiger partial charge in [0.25, 0.3) is 5.92 Å². The lowest BCUT2D eigenvalue weighted by atomic mass is 9.83. The van der Waals surface area contributed by atoms with Gasteiger partial charge in [0.15, 0.2) is 0 Å². The maximum atomic E-state index is 13.3. The zero-order valence-electron chi connectivity index (χ0n) is 18.9. The summed E-state index contributed by atoms with van der Waals surface area (Å²) in [4.78, 5) is 4.75. The molecule has 0 aliphatic carbocycles. The summed E-state index contributed by atoms with van der Waals surface area (Å²) < 4.78 is 26.6. The molecule has 2 nitrogen and oxygen atoms in total. The van der Waals surface area contributed by atoms with E-state index in [2.05, 4.69) is 50.5 Å². The Morgan fingerprint density at radius 2 is 1.54 bits per heavy atom. The summed E-state index contributed by atoms with van der Waals surface area (Å²) in [5, 5.41) is 0. The molecule has 0 N–H and O–H groups in total. The molecular weight excluding hydrogens is 354 g/mol. The summed E-state index contributed by atoms with van der Waals surface area (Å²) in [6, 6.07) is 0. The molecule has 2 aliphatic rings. The second-order valence-corrected chi connectivity index (χ2v) is 9.10. The minimum Gasteiger partial charge on any atom is -0.302 e. The van der Waals surface area contributed by atoms with Crippen molar-refractivity contribution >= 4 is 0 Å². The molecule has 28 heavy (non-hydrogen) atoms.